The van der Waals surface area contributed by atoms with Crippen LogP contribution in [0.4, 0.5) is 17.1 Å². The Labute approximate surface area is 228 Å². The lowest BCUT2D eigenvalue weighted by molar-refractivity contribution is -0.119. The van der Waals surface area contributed by atoms with Crippen LogP contribution in [0.3, 0.4) is 0 Å². The Morgan fingerprint density at radius 2 is 1.28 bits per heavy atom. The lowest BCUT2D eigenvalue weighted by atomic mass is 10.2. The maximum Gasteiger partial charge on any atom is 0.277 e. The minimum absolute atomic E-state index is 0.0697. The van der Waals surface area contributed by atoms with E-state index in [0.717, 1.165) is 0 Å². The quantitative estimate of drug-likeness (QED) is 0.428. The number of nitrogens with zero attached hydrogens (tertiary/aromatic N) is 4. The molecule has 0 atom stereocenters. The second-order valence-electron chi connectivity index (χ2n) is 9.30. The lowest BCUT2D eigenvalue weighted by Crippen LogP contribution is -2.37. The molecule has 0 saturated heterocycles. The first kappa shape index (κ1) is 26.8. The molecule has 0 spiro atoms. The zero-order chi connectivity index (χ0) is 27.9. The van der Waals surface area contributed by atoms with Crippen molar-refractivity contribution in [3.8, 4) is 0 Å². The summed E-state index contributed by atoms with van der Waals surface area (Å²) >= 11 is 0. The first-order valence-electron chi connectivity index (χ1n) is 12.7. The molecule has 0 fully saturated rings. The molecule has 2 amide bonds. The van der Waals surface area contributed by atoms with Gasteiger partial charge in [-0.15, -0.1) is 0 Å². The Balaban J connectivity index is 1.59. The summed E-state index contributed by atoms with van der Waals surface area (Å²) in [4.78, 5) is 31.3. The molecular weight excluding hydrogens is 540 g/mol. The highest BCUT2D eigenvalue weighted by atomic mass is 32.3. The molecule has 10 nitrogen and oxygen atoms in total. The van der Waals surface area contributed by atoms with Crippen LogP contribution >= 0.6 is 0 Å². The molecule has 0 N–H and O–H groups in total. The Kier molecular flexibility index (Phi) is 6.93. The van der Waals surface area contributed by atoms with Gasteiger partial charge in [-0.25, -0.2) is 16.8 Å². The third kappa shape index (κ3) is 4.57. The van der Waals surface area contributed by atoms with Crippen molar-refractivity contribution in [2.45, 2.75) is 49.3 Å². The van der Waals surface area contributed by atoms with Gasteiger partial charge in [-0.2, -0.15) is 3.71 Å². The van der Waals surface area contributed by atoms with Crippen molar-refractivity contribution >= 4 is 48.9 Å². The number of aromatic nitrogens is 1. The number of hydrogen-bond donors (Lipinski definition) is 0. The molecule has 0 bridgehead atoms. The van der Waals surface area contributed by atoms with Crippen molar-refractivity contribution in [2.75, 3.05) is 26.6 Å². The van der Waals surface area contributed by atoms with Crippen LogP contribution < -0.4 is 13.5 Å². The number of carbonyl (C=O) groups is 2. The molecular formula is C27H28N4O6S2. The molecule has 39 heavy (non-hydrogen) atoms. The monoisotopic (exact) mass is 568 g/mol. The predicted molar refractivity (Wildman–Crippen MR) is 147 cm³/mol. The molecule has 0 saturated carbocycles. The van der Waals surface area contributed by atoms with Gasteiger partial charge in [-0.05, 0) is 72.5 Å². The van der Waals surface area contributed by atoms with Gasteiger partial charge in [0.25, 0.3) is 20.0 Å². The van der Waals surface area contributed by atoms with Crippen molar-refractivity contribution in [3.05, 3.63) is 72.1 Å². The van der Waals surface area contributed by atoms with Gasteiger partial charge in [-0.1, -0.05) is 13.8 Å². The summed E-state index contributed by atoms with van der Waals surface area (Å²) < 4.78 is 56.5. The van der Waals surface area contributed by atoms with E-state index in [2.05, 4.69) is 4.98 Å². The molecule has 5 rings (SSSR count). The molecule has 3 heterocycles. The van der Waals surface area contributed by atoms with Crippen molar-refractivity contribution in [2.24, 2.45) is 0 Å². The second kappa shape index (κ2) is 10.1. The molecule has 1 aromatic heterocycles. The van der Waals surface area contributed by atoms with Crippen molar-refractivity contribution < 1.29 is 26.4 Å². The lowest BCUT2D eigenvalue weighted by Gasteiger charge is -2.25. The number of amides is 2. The third-order valence-electron chi connectivity index (χ3n) is 6.99. The zero-order valence-corrected chi connectivity index (χ0v) is 23.2. The summed E-state index contributed by atoms with van der Waals surface area (Å²) in [5.74, 6) is -0.139. The minimum atomic E-state index is -4.63. The number of pyridine rings is 1. The van der Waals surface area contributed by atoms with Gasteiger partial charge >= 0.3 is 0 Å². The molecule has 0 aliphatic carbocycles. The summed E-state index contributed by atoms with van der Waals surface area (Å²) in [6.45, 7) is 4.38. The topological polar surface area (TPSA) is 125 Å². The van der Waals surface area contributed by atoms with Crippen molar-refractivity contribution in [1.29, 1.82) is 0 Å². The fourth-order valence-corrected chi connectivity index (χ4v) is 8.80. The molecule has 0 radical (unpaired) electrons. The SMILES string of the molecule is CCC(=O)N1CCc2cc(S(=O)(=O)N(c3cccnc3)S(=O)(=O)c3ccc4c(c3)CCN4C(=O)CC)ccc21. The highest BCUT2D eigenvalue weighted by Crippen LogP contribution is 2.37. The summed E-state index contributed by atoms with van der Waals surface area (Å²) in [7, 11) is -9.26. The maximum atomic E-state index is 14.0. The van der Waals surface area contributed by atoms with Gasteiger partial charge in [0.15, 0.2) is 0 Å². The van der Waals surface area contributed by atoms with Crippen LogP contribution in [0.15, 0.2) is 70.7 Å². The van der Waals surface area contributed by atoms with E-state index in [0.29, 0.717) is 65.0 Å². The van der Waals surface area contributed by atoms with Crippen molar-refractivity contribution in [3.63, 3.8) is 0 Å². The van der Waals surface area contributed by atoms with E-state index in [1.807, 2.05) is 0 Å². The molecule has 0 unspecified atom stereocenters. The zero-order valence-electron chi connectivity index (χ0n) is 21.6. The van der Waals surface area contributed by atoms with Crippen LogP contribution in [0, 0.1) is 0 Å². The number of anilines is 3. The molecule has 204 valence electrons. The van der Waals surface area contributed by atoms with E-state index < -0.39 is 20.0 Å². The number of sulfonamides is 2. The average molecular weight is 569 g/mol. The first-order chi connectivity index (χ1) is 18.6. The largest absolute Gasteiger partial charge is 0.312 e. The van der Waals surface area contributed by atoms with Crippen LogP contribution in [-0.4, -0.2) is 46.7 Å². The Hall–Kier alpha value is -3.77. The first-order valence-corrected chi connectivity index (χ1v) is 15.5. The smallest absolute Gasteiger partial charge is 0.277 e. The molecule has 2 aromatic carbocycles. The average Bonchev–Trinajstić information content (AvgIpc) is 3.56. The van der Waals surface area contributed by atoms with E-state index in [1.165, 1.54) is 48.8 Å². The highest BCUT2D eigenvalue weighted by molar-refractivity contribution is 8.10. The molecule has 3 aromatic rings. The molecule has 2 aliphatic heterocycles. The van der Waals surface area contributed by atoms with Crippen LogP contribution in [0.2, 0.25) is 0 Å². The van der Waals surface area contributed by atoms with Gasteiger partial charge in [0.2, 0.25) is 11.8 Å². The number of carbonyl (C=O) groups excluding carboxylic acids is 2. The fourth-order valence-electron chi connectivity index (χ4n) is 5.04. The van der Waals surface area contributed by atoms with E-state index in [-0.39, 0.29) is 27.3 Å². The van der Waals surface area contributed by atoms with Crippen molar-refractivity contribution in [1.82, 2.24) is 4.98 Å². The Morgan fingerprint density at radius 3 is 1.69 bits per heavy atom. The van der Waals surface area contributed by atoms with Crippen LogP contribution in [0.25, 0.3) is 0 Å². The third-order valence-corrected chi connectivity index (χ3v) is 11.2. The summed E-state index contributed by atoms with van der Waals surface area (Å²) in [5.41, 5.74) is 2.42. The van der Waals surface area contributed by atoms with Gasteiger partial charge in [-0.3, -0.25) is 14.6 Å². The Morgan fingerprint density at radius 1 is 0.795 bits per heavy atom. The van der Waals surface area contributed by atoms with Crippen LogP contribution in [0.5, 0.6) is 0 Å². The summed E-state index contributed by atoms with van der Waals surface area (Å²) in [6, 6.07) is 11.4. The van der Waals surface area contributed by atoms with Crippen LogP contribution in [-0.2, 0) is 42.5 Å². The number of rotatable bonds is 7. The number of fused-ring (bicyclic) bond motifs is 2. The summed E-state index contributed by atoms with van der Waals surface area (Å²) in [6.07, 6.45) is 4.16. The second-order valence-corrected chi connectivity index (χ2v) is 13.1. The van der Waals surface area contributed by atoms with Gasteiger partial charge in [0.1, 0.15) is 0 Å². The van der Waals surface area contributed by atoms with Gasteiger partial charge in [0.05, 0.1) is 21.7 Å². The molecule has 2 aliphatic rings. The minimum Gasteiger partial charge on any atom is -0.312 e. The predicted octanol–water partition coefficient (Wildman–Crippen LogP) is 3.26. The standard InChI is InChI=1S/C27H28N4O6S2/c1-3-26(32)29-14-11-19-16-22(7-9-24(19)29)38(34,35)31(21-6-5-13-28-18-21)39(36,37)23-8-10-25-20(17-23)12-15-30(25)27(33)4-2/h5-10,13,16-18H,3-4,11-12,14-15H2,1-2H3. The highest BCUT2D eigenvalue weighted by Gasteiger charge is 2.39. The van der Waals surface area contributed by atoms with E-state index in [9.17, 15) is 26.4 Å². The maximum absolute atomic E-state index is 14.0. The normalized spacial score (nSPS) is 14.7. The summed E-state index contributed by atoms with van der Waals surface area (Å²) in [5, 5.41) is 0. The Bertz CT molecular complexity index is 1570. The fraction of sp³-hybridized carbons (Fsp3) is 0.296. The number of benzene rings is 2. The van der Waals surface area contributed by atoms with Crippen LogP contribution in [0.1, 0.15) is 37.8 Å². The van der Waals surface area contributed by atoms with Gasteiger partial charge < -0.3 is 9.80 Å². The number of hydrogen-bond acceptors (Lipinski definition) is 7. The van der Waals surface area contributed by atoms with E-state index >= 15 is 0 Å². The van der Waals surface area contributed by atoms with E-state index in [1.54, 1.807) is 35.8 Å². The van der Waals surface area contributed by atoms with Gasteiger partial charge in [0, 0.05) is 43.5 Å². The van der Waals surface area contributed by atoms with E-state index in [4.69, 9.17) is 0 Å². The molecule has 12 heteroatoms.